The lowest BCUT2D eigenvalue weighted by Gasteiger charge is -2.23. The molecule has 4 heteroatoms. The fourth-order valence-electron chi connectivity index (χ4n) is 2.42. The Hall–Kier alpha value is -2.20. The minimum atomic E-state index is -0.247. The number of hydrogen-bond donors (Lipinski definition) is 1. The van der Waals surface area contributed by atoms with Gasteiger partial charge < -0.3 is 4.98 Å². The number of H-pyrrole nitrogens is 1. The van der Waals surface area contributed by atoms with Crippen LogP contribution in [0.2, 0.25) is 0 Å². The highest BCUT2D eigenvalue weighted by atomic mass is 19.1. The van der Waals surface area contributed by atoms with E-state index in [4.69, 9.17) is 0 Å². The minimum Gasteiger partial charge on any atom is -0.341 e. The third-order valence-electron chi connectivity index (χ3n) is 3.79. The summed E-state index contributed by atoms with van der Waals surface area (Å²) in [5.41, 5.74) is 2.80. The third-order valence-corrected chi connectivity index (χ3v) is 3.79. The summed E-state index contributed by atoms with van der Waals surface area (Å²) in [6, 6.07) is 15.1. The molecule has 1 atom stereocenters. The zero-order valence-corrected chi connectivity index (χ0v) is 12.2. The fourth-order valence-corrected chi connectivity index (χ4v) is 2.42. The number of nitrogens with one attached hydrogen (secondary N) is 1. The van der Waals surface area contributed by atoms with Gasteiger partial charge in [0.05, 0.1) is 17.1 Å². The second-order valence-corrected chi connectivity index (χ2v) is 5.36. The first-order valence-corrected chi connectivity index (χ1v) is 7.03. The second kappa shape index (κ2) is 5.66. The van der Waals surface area contributed by atoms with Gasteiger partial charge in [-0.25, -0.2) is 9.37 Å². The van der Waals surface area contributed by atoms with E-state index in [1.165, 1.54) is 17.7 Å². The summed E-state index contributed by atoms with van der Waals surface area (Å²) in [5, 5.41) is 0. The number of halogens is 1. The molecule has 1 unspecified atom stereocenters. The van der Waals surface area contributed by atoms with Crippen molar-refractivity contribution in [2.24, 2.45) is 0 Å². The predicted octanol–water partition coefficient (Wildman–Crippen LogP) is 3.90. The Morgan fingerprint density at radius 3 is 2.71 bits per heavy atom. The van der Waals surface area contributed by atoms with Gasteiger partial charge in [-0.05, 0) is 37.7 Å². The van der Waals surface area contributed by atoms with Gasteiger partial charge in [0.15, 0.2) is 0 Å². The smallest absolute Gasteiger partial charge is 0.125 e. The molecule has 1 N–H and O–H groups in total. The molecule has 3 nitrogen and oxygen atoms in total. The van der Waals surface area contributed by atoms with E-state index in [1.807, 2.05) is 18.2 Å². The standard InChI is InChI=1S/C17H18FN3/c1-12(21(2)11-13-6-4-3-5-7-13)17-19-15-9-8-14(18)10-16(15)20-17/h3-10,12H,11H2,1-2H3,(H,19,20). The van der Waals surface area contributed by atoms with Crippen molar-refractivity contribution in [3.05, 3.63) is 65.7 Å². The number of hydrogen-bond acceptors (Lipinski definition) is 2. The molecule has 108 valence electrons. The molecular weight excluding hydrogens is 265 g/mol. The Bertz CT molecular complexity index is 736. The highest BCUT2D eigenvalue weighted by Crippen LogP contribution is 2.21. The number of aromatic nitrogens is 2. The Morgan fingerprint density at radius 2 is 1.95 bits per heavy atom. The van der Waals surface area contributed by atoms with E-state index in [0.717, 1.165) is 23.4 Å². The van der Waals surface area contributed by atoms with Crippen LogP contribution in [0.25, 0.3) is 11.0 Å². The molecule has 0 aliphatic rings. The van der Waals surface area contributed by atoms with Crippen LogP contribution in [0.5, 0.6) is 0 Å². The number of fused-ring (bicyclic) bond motifs is 1. The van der Waals surface area contributed by atoms with E-state index in [2.05, 4.69) is 41.0 Å². The lowest BCUT2D eigenvalue weighted by molar-refractivity contribution is 0.245. The molecule has 21 heavy (non-hydrogen) atoms. The Balaban J connectivity index is 1.80. The van der Waals surface area contributed by atoms with Crippen molar-refractivity contribution in [2.45, 2.75) is 19.5 Å². The van der Waals surface area contributed by atoms with Crippen molar-refractivity contribution >= 4 is 11.0 Å². The lowest BCUT2D eigenvalue weighted by Crippen LogP contribution is -2.22. The summed E-state index contributed by atoms with van der Waals surface area (Å²) in [6.45, 7) is 2.93. The van der Waals surface area contributed by atoms with Gasteiger partial charge in [0, 0.05) is 6.54 Å². The van der Waals surface area contributed by atoms with Crippen LogP contribution in [0.15, 0.2) is 48.5 Å². The van der Waals surface area contributed by atoms with Gasteiger partial charge in [-0.1, -0.05) is 30.3 Å². The Labute approximate surface area is 123 Å². The maximum absolute atomic E-state index is 13.2. The second-order valence-electron chi connectivity index (χ2n) is 5.36. The highest BCUT2D eigenvalue weighted by Gasteiger charge is 2.16. The van der Waals surface area contributed by atoms with Crippen molar-refractivity contribution in [1.82, 2.24) is 14.9 Å². The van der Waals surface area contributed by atoms with Crippen LogP contribution in [0, 0.1) is 5.82 Å². The van der Waals surface area contributed by atoms with Crippen LogP contribution < -0.4 is 0 Å². The molecule has 0 aliphatic carbocycles. The molecule has 1 heterocycles. The minimum absolute atomic E-state index is 0.126. The van der Waals surface area contributed by atoms with Crippen LogP contribution in [0.3, 0.4) is 0 Å². The maximum Gasteiger partial charge on any atom is 0.125 e. The predicted molar refractivity (Wildman–Crippen MR) is 82.4 cm³/mol. The summed E-state index contributed by atoms with van der Waals surface area (Å²) in [5.74, 6) is 0.608. The molecule has 0 amide bonds. The van der Waals surface area contributed by atoms with Crippen LogP contribution in [0.1, 0.15) is 24.4 Å². The molecule has 0 saturated carbocycles. The summed E-state index contributed by atoms with van der Waals surface area (Å²) in [4.78, 5) is 9.97. The molecule has 2 aromatic carbocycles. The van der Waals surface area contributed by atoms with E-state index in [0.29, 0.717) is 0 Å². The first-order chi connectivity index (χ1) is 10.1. The van der Waals surface area contributed by atoms with Gasteiger partial charge in [-0.2, -0.15) is 0 Å². The molecule has 0 fully saturated rings. The zero-order chi connectivity index (χ0) is 14.8. The van der Waals surface area contributed by atoms with Crippen molar-refractivity contribution in [3.8, 4) is 0 Å². The molecule has 0 bridgehead atoms. The number of benzene rings is 2. The highest BCUT2D eigenvalue weighted by molar-refractivity contribution is 5.75. The van der Waals surface area contributed by atoms with Crippen molar-refractivity contribution in [2.75, 3.05) is 7.05 Å². The molecule has 3 rings (SSSR count). The quantitative estimate of drug-likeness (QED) is 0.787. The third kappa shape index (κ3) is 2.95. The number of imidazole rings is 1. The van der Waals surface area contributed by atoms with E-state index in [9.17, 15) is 4.39 Å². The van der Waals surface area contributed by atoms with Gasteiger partial charge in [0.1, 0.15) is 11.6 Å². The number of nitrogens with zero attached hydrogens (tertiary/aromatic N) is 2. The lowest BCUT2D eigenvalue weighted by atomic mass is 10.2. The molecule has 0 radical (unpaired) electrons. The average Bonchev–Trinajstić information content (AvgIpc) is 2.90. The van der Waals surface area contributed by atoms with Crippen molar-refractivity contribution in [1.29, 1.82) is 0 Å². The van der Waals surface area contributed by atoms with Crippen LogP contribution >= 0.6 is 0 Å². The summed E-state index contributed by atoms with van der Waals surface area (Å²) in [6.07, 6.45) is 0. The van der Waals surface area contributed by atoms with Gasteiger partial charge in [0.25, 0.3) is 0 Å². The Kier molecular flexibility index (Phi) is 3.71. The molecule has 0 spiro atoms. The SMILES string of the molecule is CC(c1nc2ccc(F)cc2[nH]1)N(C)Cc1ccccc1. The van der Waals surface area contributed by atoms with Gasteiger partial charge >= 0.3 is 0 Å². The topological polar surface area (TPSA) is 31.9 Å². The van der Waals surface area contributed by atoms with Gasteiger partial charge in [-0.15, -0.1) is 0 Å². The van der Waals surface area contributed by atoms with E-state index in [1.54, 1.807) is 6.07 Å². The van der Waals surface area contributed by atoms with Crippen LogP contribution in [0.4, 0.5) is 4.39 Å². The molecule has 3 aromatic rings. The maximum atomic E-state index is 13.2. The summed E-state index contributed by atoms with van der Waals surface area (Å²) >= 11 is 0. The van der Waals surface area contributed by atoms with Crippen molar-refractivity contribution < 1.29 is 4.39 Å². The zero-order valence-electron chi connectivity index (χ0n) is 12.2. The summed E-state index contributed by atoms with van der Waals surface area (Å²) < 4.78 is 13.2. The molecule has 0 aliphatic heterocycles. The molecule has 0 saturated heterocycles. The first-order valence-electron chi connectivity index (χ1n) is 7.03. The summed E-state index contributed by atoms with van der Waals surface area (Å²) in [7, 11) is 2.06. The van der Waals surface area contributed by atoms with Crippen LogP contribution in [-0.4, -0.2) is 21.9 Å². The molecule has 1 aromatic heterocycles. The molecular formula is C17H18FN3. The van der Waals surface area contributed by atoms with Crippen LogP contribution in [-0.2, 0) is 6.54 Å². The normalized spacial score (nSPS) is 13.0. The van der Waals surface area contributed by atoms with E-state index < -0.39 is 0 Å². The van der Waals surface area contributed by atoms with E-state index in [-0.39, 0.29) is 11.9 Å². The largest absolute Gasteiger partial charge is 0.341 e. The number of aromatic amines is 1. The van der Waals surface area contributed by atoms with E-state index >= 15 is 0 Å². The monoisotopic (exact) mass is 283 g/mol. The number of rotatable bonds is 4. The van der Waals surface area contributed by atoms with Gasteiger partial charge in [0.2, 0.25) is 0 Å². The Morgan fingerprint density at radius 1 is 1.19 bits per heavy atom. The fraction of sp³-hybridized carbons (Fsp3) is 0.235. The van der Waals surface area contributed by atoms with Gasteiger partial charge in [-0.3, -0.25) is 4.90 Å². The average molecular weight is 283 g/mol. The first kappa shape index (κ1) is 13.8. The van der Waals surface area contributed by atoms with Crippen molar-refractivity contribution in [3.63, 3.8) is 0 Å².